The SMILES string of the molecule is CN(C(=O)N(C)C1CCOCC1)c1ccc(Cl)cc1F. The molecule has 110 valence electrons. The Hall–Kier alpha value is -1.33. The van der Waals surface area contributed by atoms with Gasteiger partial charge in [0.2, 0.25) is 0 Å². The normalized spacial score (nSPS) is 16.0. The summed E-state index contributed by atoms with van der Waals surface area (Å²) in [6.45, 7) is 1.31. The average Bonchev–Trinajstić information content (AvgIpc) is 2.46. The Labute approximate surface area is 123 Å². The Morgan fingerprint density at radius 1 is 1.35 bits per heavy atom. The van der Waals surface area contributed by atoms with Gasteiger partial charge >= 0.3 is 6.03 Å². The minimum absolute atomic E-state index is 0.133. The van der Waals surface area contributed by atoms with Crippen molar-refractivity contribution in [3.05, 3.63) is 29.0 Å². The molecule has 6 heteroatoms. The van der Waals surface area contributed by atoms with E-state index in [1.54, 1.807) is 25.1 Å². The van der Waals surface area contributed by atoms with Gasteiger partial charge in [-0.25, -0.2) is 9.18 Å². The molecule has 20 heavy (non-hydrogen) atoms. The van der Waals surface area contributed by atoms with Gasteiger partial charge in [0.15, 0.2) is 0 Å². The fourth-order valence-corrected chi connectivity index (χ4v) is 2.48. The van der Waals surface area contributed by atoms with E-state index in [2.05, 4.69) is 0 Å². The van der Waals surface area contributed by atoms with Gasteiger partial charge in [-0.3, -0.25) is 4.90 Å². The summed E-state index contributed by atoms with van der Waals surface area (Å²) in [7, 11) is 3.30. The van der Waals surface area contributed by atoms with Gasteiger partial charge in [0.05, 0.1) is 5.69 Å². The van der Waals surface area contributed by atoms with Crippen LogP contribution in [-0.4, -0.2) is 44.3 Å². The molecule has 0 saturated carbocycles. The number of nitrogens with zero attached hydrogens (tertiary/aromatic N) is 2. The van der Waals surface area contributed by atoms with E-state index in [0.717, 1.165) is 12.8 Å². The van der Waals surface area contributed by atoms with Crippen LogP contribution in [0.2, 0.25) is 5.02 Å². The molecule has 1 saturated heterocycles. The first-order valence-electron chi connectivity index (χ1n) is 6.54. The number of urea groups is 1. The van der Waals surface area contributed by atoms with Crippen molar-refractivity contribution in [2.24, 2.45) is 0 Å². The van der Waals surface area contributed by atoms with Gasteiger partial charge in [0.1, 0.15) is 5.82 Å². The Balaban J connectivity index is 2.10. The smallest absolute Gasteiger partial charge is 0.324 e. The van der Waals surface area contributed by atoms with Gasteiger partial charge < -0.3 is 9.64 Å². The van der Waals surface area contributed by atoms with Crippen molar-refractivity contribution in [3.8, 4) is 0 Å². The fraction of sp³-hybridized carbons (Fsp3) is 0.500. The van der Waals surface area contributed by atoms with Gasteiger partial charge in [-0.05, 0) is 31.0 Å². The molecule has 2 amide bonds. The van der Waals surface area contributed by atoms with Gasteiger partial charge in [0.25, 0.3) is 0 Å². The van der Waals surface area contributed by atoms with Crippen LogP contribution in [0.25, 0.3) is 0 Å². The molecule has 1 fully saturated rings. The summed E-state index contributed by atoms with van der Waals surface area (Å²) < 4.78 is 19.1. The summed E-state index contributed by atoms with van der Waals surface area (Å²) in [5, 5.41) is 0.310. The van der Waals surface area contributed by atoms with Crippen LogP contribution in [0.1, 0.15) is 12.8 Å². The molecule has 0 N–H and O–H groups in total. The summed E-state index contributed by atoms with van der Waals surface area (Å²) >= 11 is 5.72. The highest BCUT2D eigenvalue weighted by Crippen LogP contribution is 2.24. The molecular formula is C14H18ClFN2O2. The summed E-state index contributed by atoms with van der Waals surface area (Å²) in [4.78, 5) is 15.3. The third kappa shape index (κ3) is 3.22. The predicted octanol–water partition coefficient (Wildman–Crippen LogP) is 3.15. The monoisotopic (exact) mass is 300 g/mol. The number of hydrogen-bond acceptors (Lipinski definition) is 2. The number of benzene rings is 1. The molecule has 1 aromatic rings. The number of rotatable bonds is 2. The zero-order valence-corrected chi connectivity index (χ0v) is 12.4. The van der Waals surface area contributed by atoms with Crippen LogP contribution in [0.5, 0.6) is 0 Å². The van der Waals surface area contributed by atoms with E-state index in [0.29, 0.717) is 18.2 Å². The minimum Gasteiger partial charge on any atom is -0.381 e. The number of carbonyl (C=O) groups is 1. The fourth-order valence-electron chi connectivity index (χ4n) is 2.32. The molecule has 0 aromatic heterocycles. The quantitative estimate of drug-likeness (QED) is 0.840. The van der Waals surface area contributed by atoms with E-state index >= 15 is 0 Å². The van der Waals surface area contributed by atoms with Crippen molar-refractivity contribution in [3.63, 3.8) is 0 Å². The van der Waals surface area contributed by atoms with Crippen LogP contribution in [0.15, 0.2) is 18.2 Å². The van der Waals surface area contributed by atoms with E-state index in [9.17, 15) is 9.18 Å². The van der Waals surface area contributed by atoms with Crippen molar-refractivity contribution in [1.29, 1.82) is 0 Å². The van der Waals surface area contributed by atoms with Gasteiger partial charge in [-0.15, -0.1) is 0 Å². The van der Waals surface area contributed by atoms with E-state index in [1.807, 2.05) is 0 Å². The van der Waals surface area contributed by atoms with Crippen molar-refractivity contribution in [2.75, 3.05) is 32.2 Å². The van der Waals surface area contributed by atoms with Crippen molar-refractivity contribution >= 4 is 23.3 Å². The van der Waals surface area contributed by atoms with E-state index in [-0.39, 0.29) is 17.8 Å². The molecule has 4 nitrogen and oxygen atoms in total. The van der Waals surface area contributed by atoms with E-state index in [1.165, 1.54) is 17.0 Å². The number of anilines is 1. The molecule has 0 bridgehead atoms. The number of amides is 2. The molecule has 0 aliphatic carbocycles. The molecular weight excluding hydrogens is 283 g/mol. The largest absolute Gasteiger partial charge is 0.381 e. The molecule has 1 aliphatic heterocycles. The van der Waals surface area contributed by atoms with Crippen LogP contribution in [0.4, 0.5) is 14.9 Å². The number of carbonyl (C=O) groups excluding carboxylic acids is 1. The zero-order chi connectivity index (χ0) is 14.7. The van der Waals surface area contributed by atoms with Crippen LogP contribution < -0.4 is 4.90 Å². The Bertz CT molecular complexity index is 492. The van der Waals surface area contributed by atoms with E-state index < -0.39 is 5.82 Å². The first kappa shape index (κ1) is 15.1. The summed E-state index contributed by atoms with van der Waals surface area (Å²) in [6, 6.07) is 4.17. The maximum atomic E-state index is 13.8. The summed E-state index contributed by atoms with van der Waals surface area (Å²) in [6.07, 6.45) is 1.61. The Morgan fingerprint density at radius 2 is 2.00 bits per heavy atom. The lowest BCUT2D eigenvalue weighted by Crippen LogP contribution is -2.46. The topological polar surface area (TPSA) is 32.8 Å². The van der Waals surface area contributed by atoms with Crippen LogP contribution in [0, 0.1) is 5.82 Å². The lowest BCUT2D eigenvalue weighted by Gasteiger charge is -2.34. The summed E-state index contributed by atoms with van der Waals surface area (Å²) in [5.41, 5.74) is 0.221. The second-order valence-electron chi connectivity index (χ2n) is 4.89. The minimum atomic E-state index is -0.506. The third-order valence-corrected chi connectivity index (χ3v) is 3.83. The highest BCUT2D eigenvalue weighted by atomic mass is 35.5. The number of hydrogen-bond donors (Lipinski definition) is 0. The van der Waals surface area contributed by atoms with Gasteiger partial charge in [0, 0.05) is 38.4 Å². The summed E-state index contributed by atoms with van der Waals surface area (Å²) in [5.74, 6) is -0.506. The van der Waals surface area contributed by atoms with Crippen molar-refractivity contribution in [1.82, 2.24) is 4.90 Å². The zero-order valence-electron chi connectivity index (χ0n) is 11.6. The lowest BCUT2D eigenvalue weighted by molar-refractivity contribution is 0.0537. The van der Waals surface area contributed by atoms with Crippen LogP contribution in [-0.2, 0) is 4.74 Å². The molecule has 0 atom stereocenters. The standard InChI is InChI=1S/C14H18ClFN2O2/c1-17(11-5-7-20-8-6-11)14(19)18(2)13-4-3-10(15)9-12(13)16/h3-4,9,11H,5-8H2,1-2H3. The average molecular weight is 301 g/mol. The molecule has 1 heterocycles. The maximum Gasteiger partial charge on any atom is 0.324 e. The van der Waals surface area contributed by atoms with Crippen LogP contribution in [0.3, 0.4) is 0 Å². The Kier molecular flexibility index (Phi) is 4.83. The highest BCUT2D eigenvalue weighted by Gasteiger charge is 2.26. The van der Waals surface area contributed by atoms with Crippen molar-refractivity contribution < 1.29 is 13.9 Å². The molecule has 0 unspecified atom stereocenters. The Morgan fingerprint density at radius 3 is 2.60 bits per heavy atom. The van der Waals surface area contributed by atoms with Crippen LogP contribution >= 0.6 is 11.6 Å². The highest BCUT2D eigenvalue weighted by molar-refractivity contribution is 6.30. The van der Waals surface area contributed by atoms with Gasteiger partial charge in [-0.1, -0.05) is 11.6 Å². The molecule has 0 spiro atoms. The molecule has 1 aromatic carbocycles. The molecule has 0 radical (unpaired) electrons. The maximum absolute atomic E-state index is 13.8. The third-order valence-electron chi connectivity index (χ3n) is 3.60. The number of ether oxygens (including phenoxy) is 1. The second kappa shape index (κ2) is 6.41. The van der Waals surface area contributed by atoms with E-state index in [4.69, 9.17) is 16.3 Å². The second-order valence-corrected chi connectivity index (χ2v) is 5.33. The lowest BCUT2D eigenvalue weighted by atomic mass is 10.1. The van der Waals surface area contributed by atoms with Crippen molar-refractivity contribution in [2.45, 2.75) is 18.9 Å². The number of halogens is 2. The predicted molar refractivity (Wildman–Crippen MR) is 76.8 cm³/mol. The molecule has 1 aliphatic rings. The first-order chi connectivity index (χ1) is 9.50. The first-order valence-corrected chi connectivity index (χ1v) is 6.92. The molecule has 2 rings (SSSR count). The van der Waals surface area contributed by atoms with Gasteiger partial charge in [-0.2, -0.15) is 0 Å².